The van der Waals surface area contributed by atoms with Gasteiger partial charge in [0.2, 0.25) is 0 Å². The van der Waals surface area contributed by atoms with E-state index in [0.717, 1.165) is 6.67 Å². The Morgan fingerprint density at radius 1 is 1.57 bits per heavy atom. The van der Waals surface area contributed by atoms with Crippen LogP contribution in [-0.2, 0) is 0 Å². The van der Waals surface area contributed by atoms with Gasteiger partial charge in [0.05, 0.1) is 6.67 Å². The number of hydrogen-bond donors (Lipinski definition) is 0. The van der Waals surface area contributed by atoms with Gasteiger partial charge in [0, 0.05) is 26.5 Å². The van der Waals surface area contributed by atoms with Gasteiger partial charge in [-0.1, -0.05) is 0 Å². The Bertz CT molecular complexity index is 78.1. The van der Waals surface area contributed by atoms with Gasteiger partial charge in [-0.05, 0) is 0 Å². The molecule has 0 saturated heterocycles. The van der Waals surface area contributed by atoms with Gasteiger partial charge in [-0.25, -0.2) is 0 Å². The van der Waals surface area contributed by atoms with Crippen LogP contribution in [-0.4, -0.2) is 23.5 Å². The highest BCUT2D eigenvalue weighted by molar-refractivity contribution is 4.87. The molecule has 0 spiro atoms. The van der Waals surface area contributed by atoms with Crippen LogP contribution in [0.5, 0.6) is 0 Å². The van der Waals surface area contributed by atoms with Crippen LogP contribution in [0.15, 0.2) is 12.4 Å². The molecule has 1 aliphatic heterocycles. The molecule has 0 atom stereocenters. The molecule has 1 aliphatic rings. The quantitative estimate of drug-likeness (QED) is 0.433. The largest absolute Gasteiger partial charge is 0.362 e. The molecule has 1 radical (unpaired) electrons. The molecule has 0 saturated carbocycles. The highest BCUT2D eigenvalue weighted by Gasteiger charge is 1.99. The lowest BCUT2D eigenvalue weighted by Gasteiger charge is -2.10. The Morgan fingerprint density at radius 2 is 2.29 bits per heavy atom. The maximum atomic E-state index is 3.69. The lowest BCUT2D eigenvalue weighted by Crippen LogP contribution is -2.15. The molecular formula is C5H9N2. The van der Waals surface area contributed by atoms with E-state index in [-0.39, 0.29) is 0 Å². The van der Waals surface area contributed by atoms with Crippen LogP contribution in [0.25, 0.3) is 0 Å². The lowest BCUT2D eigenvalue weighted by atomic mass is 10.9. The Labute approximate surface area is 44.0 Å². The molecule has 39 valence electrons. The zero-order valence-corrected chi connectivity index (χ0v) is 4.46. The SMILES string of the molecule is [CH2]N1C=CN(C)C1. The van der Waals surface area contributed by atoms with Gasteiger partial charge in [-0.15, -0.1) is 0 Å². The van der Waals surface area contributed by atoms with E-state index in [9.17, 15) is 0 Å². The van der Waals surface area contributed by atoms with Crippen LogP contribution in [0.2, 0.25) is 0 Å². The molecule has 0 N–H and O–H groups in total. The summed E-state index contributed by atoms with van der Waals surface area (Å²) in [6.07, 6.45) is 3.94. The minimum absolute atomic E-state index is 0.917. The van der Waals surface area contributed by atoms with E-state index >= 15 is 0 Å². The Morgan fingerprint density at radius 3 is 2.43 bits per heavy atom. The normalized spacial score (nSPS) is 19.1. The first-order valence-corrected chi connectivity index (χ1v) is 2.25. The Hall–Kier alpha value is -0.660. The van der Waals surface area contributed by atoms with Crippen molar-refractivity contribution in [2.75, 3.05) is 13.7 Å². The van der Waals surface area contributed by atoms with Crippen molar-refractivity contribution in [3.8, 4) is 0 Å². The molecule has 0 aliphatic carbocycles. The topological polar surface area (TPSA) is 6.48 Å². The van der Waals surface area contributed by atoms with Gasteiger partial charge in [0.15, 0.2) is 0 Å². The second-order valence-electron chi connectivity index (χ2n) is 1.79. The summed E-state index contributed by atoms with van der Waals surface area (Å²) in [4.78, 5) is 3.94. The molecule has 0 bridgehead atoms. The molecule has 2 nitrogen and oxygen atoms in total. The van der Waals surface area contributed by atoms with Crippen LogP contribution < -0.4 is 0 Å². The van der Waals surface area contributed by atoms with Gasteiger partial charge in [-0.2, -0.15) is 0 Å². The van der Waals surface area contributed by atoms with Crippen molar-refractivity contribution in [1.82, 2.24) is 9.80 Å². The maximum Gasteiger partial charge on any atom is 0.0891 e. The standard InChI is InChI=1S/C5H9N2/c1-6-3-4-7(2)5-6/h3-4H,1,5H2,2H3. The van der Waals surface area contributed by atoms with Crippen molar-refractivity contribution in [1.29, 1.82) is 0 Å². The monoisotopic (exact) mass is 97.1 g/mol. The highest BCUT2D eigenvalue weighted by Crippen LogP contribution is 1.99. The van der Waals surface area contributed by atoms with Crippen LogP contribution in [0.3, 0.4) is 0 Å². The van der Waals surface area contributed by atoms with Crippen LogP contribution in [0.1, 0.15) is 0 Å². The van der Waals surface area contributed by atoms with Crippen molar-refractivity contribution < 1.29 is 0 Å². The average molecular weight is 97.1 g/mol. The van der Waals surface area contributed by atoms with E-state index in [2.05, 4.69) is 11.9 Å². The Kier molecular flexibility index (Phi) is 0.929. The third-order valence-electron chi connectivity index (χ3n) is 0.937. The van der Waals surface area contributed by atoms with Crippen LogP contribution in [0.4, 0.5) is 0 Å². The summed E-state index contributed by atoms with van der Waals surface area (Å²) in [5.74, 6) is 0. The second kappa shape index (κ2) is 1.45. The molecule has 1 rings (SSSR count). The van der Waals surface area contributed by atoms with Crippen molar-refractivity contribution in [3.05, 3.63) is 19.4 Å². The molecular weight excluding hydrogens is 88.1 g/mol. The summed E-state index contributed by atoms with van der Waals surface area (Å²) in [6.45, 7) is 0.917. The molecule has 2 heteroatoms. The van der Waals surface area contributed by atoms with Crippen molar-refractivity contribution >= 4 is 0 Å². The van der Waals surface area contributed by atoms with Gasteiger partial charge in [-0.3, -0.25) is 0 Å². The van der Waals surface area contributed by atoms with Crippen LogP contribution in [0, 0.1) is 7.05 Å². The summed E-state index contributed by atoms with van der Waals surface area (Å²) in [7, 11) is 5.71. The zero-order chi connectivity index (χ0) is 5.28. The molecule has 0 unspecified atom stereocenters. The number of hydrogen-bond acceptors (Lipinski definition) is 2. The van der Waals surface area contributed by atoms with Crippen molar-refractivity contribution in [2.24, 2.45) is 0 Å². The summed E-state index contributed by atoms with van der Waals surface area (Å²) < 4.78 is 0. The minimum atomic E-state index is 0.917. The predicted octanol–water partition coefficient (Wildman–Crippen LogP) is 0.454. The molecule has 0 amide bonds. The smallest absolute Gasteiger partial charge is 0.0891 e. The fraction of sp³-hybridized carbons (Fsp3) is 0.400. The van der Waals surface area contributed by atoms with Gasteiger partial charge in [0.1, 0.15) is 0 Å². The lowest BCUT2D eigenvalue weighted by molar-refractivity contribution is 0.361. The van der Waals surface area contributed by atoms with Crippen molar-refractivity contribution in [2.45, 2.75) is 0 Å². The zero-order valence-electron chi connectivity index (χ0n) is 4.46. The summed E-state index contributed by atoms with van der Waals surface area (Å²) in [6, 6.07) is 0. The summed E-state index contributed by atoms with van der Waals surface area (Å²) in [5, 5.41) is 0. The van der Waals surface area contributed by atoms with Crippen LogP contribution >= 0.6 is 0 Å². The fourth-order valence-electron chi connectivity index (χ4n) is 0.589. The summed E-state index contributed by atoms with van der Waals surface area (Å²) in [5.41, 5.74) is 0. The molecule has 0 aromatic carbocycles. The molecule has 0 fully saturated rings. The number of rotatable bonds is 0. The molecule has 7 heavy (non-hydrogen) atoms. The summed E-state index contributed by atoms with van der Waals surface area (Å²) >= 11 is 0. The van der Waals surface area contributed by atoms with E-state index < -0.39 is 0 Å². The maximum absolute atomic E-state index is 3.69. The Balaban J connectivity index is 2.42. The minimum Gasteiger partial charge on any atom is -0.362 e. The first-order chi connectivity index (χ1) is 3.29. The van der Waals surface area contributed by atoms with E-state index in [1.807, 2.05) is 24.3 Å². The fourth-order valence-corrected chi connectivity index (χ4v) is 0.589. The third-order valence-corrected chi connectivity index (χ3v) is 0.937. The third kappa shape index (κ3) is 0.856. The molecule has 1 heterocycles. The average Bonchev–Trinajstić information content (AvgIpc) is 1.87. The number of nitrogens with zero attached hydrogens (tertiary/aromatic N) is 2. The first kappa shape index (κ1) is 4.50. The van der Waals surface area contributed by atoms with E-state index in [4.69, 9.17) is 0 Å². The highest BCUT2D eigenvalue weighted by atomic mass is 15.3. The van der Waals surface area contributed by atoms with E-state index in [0.29, 0.717) is 0 Å². The van der Waals surface area contributed by atoms with Gasteiger partial charge >= 0.3 is 0 Å². The first-order valence-electron chi connectivity index (χ1n) is 2.25. The van der Waals surface area contributed by atoms with Gasteiger partial charge < -0.3 is 9.80 Å². The second-order valence-corrected chi connectivity index (χ2v) is 1.79. The molecule has 0 aromatic heterocycles. The van der Waals surface area contributed by atoms with E-state index in [1.54, 1.807) is 0 Å². The van der Waals surface area contributed by atoms with E-state index in [1.165, 1.54) is 0 Å². The molecule has 0 aromatic rings. The van der Waals surface area contributed by atoms with Crippen molar-refractivity contribution in [3.63, 3.8) is 0 Å². The predicted molar refractivity (Wildman–Crippen MR) is 29.0 cm³/mol. The van der Waals surface area contributed by atoms with Gasteiger partial charge in [0.25, 0.3) is 0 Å².